The Kier molecular flexibility index (Phi) is 1.47. The predicted octanol–water partition coefficient (Wildman–Crippen LogP) is -0.0278. The zero-order chi connectivity index (χ0) is 5.28. The molecule has 1 heterocycles. The highest BCUT2D eigenvalue weighted by atomic mass is 79.9. The van der Waals surface area contributed by atoms with Gasteiger partial charge in [-0.25, -0.2) is 0 Å². The van der Waals surface area contributed by atoms with Gasteiger partial charge in [0.25, 0.3) is 0 Å². The summed E-state index contributed by atoms with van der Waals surface area (Å²) >= 11 is 5.49. The molecule has 2 radical (unpaired) electrons. The minimum atomic E-state index is 0.752. The van der Waals surface area contributed by atoms with Crippen LogP contribution >= 0.6 is 15.9 Å². The quantitative estimate of drug-likeness (QED) is 0.517. The van der Waals surface area contributed by atoms with E-state index in [9.17, 15) is 0 Å². The first-order chi connectivity index (χ1) is 3.29. The molecule has 0 aliphatic heterocycles. The van der Waals surface area contributed by atoms with Crippen molar-refractivity contribution < 1.29 is 0 Å². The molecule has 0 aliphatic rings. The van der Waals surface area contributed by atoms with Crippen molar-refractivity contribution in [1.29, 1.82) is 0 Å². The van der Waals surface area contributed by atoms with E-state index in [0.717, 1.165) is 4.60 Å². The van der Waals surface area contributed by atoms with E-state index in [1.165, 1.54) is 0 Å². The lowest BCUT2D eigenvalue weighted by Crippen LogP contribution is -1.89. The highest BCUT2D eigenvalue weighted by Gasteiger charge is 1.85. The second-order valence-electron chi connectivity index (χ2n) is 1.02. The summed E-state index contributed by atoms with van der Waals surface area (Å²) in [5.74, 6) is 0. The fourth-order valence-corrected chi connectivity index (χ4v) is 0.947. The first kappa shape index (κ1) is 5.29. The maximum absolute atomic E-state index is 3.62. The van der Waals surface area contributed by atoms with E-state index in [2.05, 4.69) is 42.8 Å². The van der Waals surface area contributed by atoms with Crippen molar-refractivity contribution >= 4 is 32.4 Å². The molecule has 5 heteroatoms. The molecule has 0 bridgehead atoms. The SMILES string of the molecule is [Al][n]1cc(Br)nn1. The molecule has 0 aliphatic carbocycles. The Morgan fingerprint density at radius 2 is 2.57 bits per heavy atom. The van der Waals surface area contributed by atoms with E-state index in [1.54, 1.807) is 9.86 Å². The summed E-state index contributed by atoms with van der Waals surface area (Å²) < 4.78 is 2.30. The van der Waals surface area contributed by atoms with Gasteiger partial charge >= 0.3 is 16.5 Å². The fourth-order valence-electron chi connectivity index (χ4n) is 0.255. The van der Waals surface area contributed by atoms with Crippen molar-refractivity contribution in [3.63, 3.8) is 0 Å². The minimum absolute atomic E-state index is 0.752. The predicted molar refractivity (Wildman–Crippen MR) is 28.9 cm³/mol. The highest BCUT2D eigenvalue weighted by Crippen LogP contribution is 1.98. The maximum Gasteiger partial charge on any atom is 0.356 e. The first-order valence-electron chi connectivity index (χ1n) is 1.62. The topological polar surface area (TPSA) is 30.7 Å². The standard InChI is InChI=1S/C2HBrN3.Al/c3-2-1-4-6-5-2;/h1H;/q-1;+1. The highest BCUT2D eigenvalue weighted by molar-refractivity contribution is 9.10. The van der Waals surface area contributed by atoms with E-state index >= 15 is 0 Å². The van der Waals surface area contributed by atoms with Gasteiger partial charge in [-0.1, -0.05) is 5.21 Å². The Labute approximate surface area is 57.5 Å². The van der Waals surface area contributed by atoms with Crippen LogP contribution in [0.2, 0.25) is 0 Å². The third-order valence-electron chi connectivity index (χ3n) is 0.482. The van der Waals surface area contributed by atoms with E-state index in [0.29, 0.717) is 0 Å². The van der Waals surface area contributed by atoms with Crippen molar-refractivity contribution in [2.24, 2.45) is 0 Å². The number of rotatable bonds is 0. The van der Waals surface area contributed by atoms with Gasteiger partial charge in [0.1, 0.15) is 4.60 Å². The van der Waals surface area contributed by atoms with Gasteiger partial charge in [0.05, 0.1) is 0 Å². The van der Waals surface area contributed by atoms with E-state index in [4.69, 9.17) is 0 Å². The molecule has 0 aromatic carbocycles. The van der Waals surface area contributed by atoms with Crippen molar-refractivity contribution in [2.45, 2.75) is 0 Å². The summed E-state index contributed by atoms with van der Waals surface area (Å²) in [7, 11) is 0. The molecule has 0 fully saturated rings. The first-order valence-corrected chi connectivity index (χ1v) is 2.93. The average Bonchev–Trinajstić information content (AvgIpc) is 1.87. The molecule has 1 aromatic heterocycles. The fraction of sp³-hybridized carbons (Fsp3) is 0. The molecule has 34 valence electrons. The van der Waals surface area contributed by atoms with Crippen LogP contribution in [0.3, 0.4) is 0 Å². The van der Waals surface area contributed by atoms with Crippen LogP contribution in [-0.4, -0.2) is 30.5 Å². The number of hydrogen-bond donors (Lipinski definition) is 0. The molecule has 0 saturated carbocycles. The molecule has 0 saturated heterocycles. The third-order valence-corrected chi connectivity index (χ3v) is 1.10. The smallest absolute Gasteiger partial charge is 0.356 e. The lowest BCUT2D eigenvalue weighted by atomic mass is 11.0. The Hall–Kier alpha value is 0.152. The van der Waals surface area contributed by atoms with Crippen molar-refractivity contribution in [3.8, 4) is 0 Å². The van der Waals surface area contributed by atoms with Crippen LogP contribution in [-0.2, 0) is 0 Å². The number of hydrogen-bond acceptors (Lipinski definition) is 2. The molecule has 0 spiro atoms. The Morgan fingerprint density at radius 1 is 1.86 bits per heavy atom. The summed E-state index contributed by atoms with van der Waals surface area (Å²) in [4.78, 5) is 0. The molecular weight excluding hydrogens is 173 g/mol. The van der Waals surface area contributed by atoms with Crippen LogP contribution in [0.15, 0.2) is 10.8 Å². The third kappa shape index (κ3) is 1.27. The lowest BCUT2D eigenvalue weighted by Gasteiger charge is -1.77. The van der Waals surface area contributed by atoms with Gasteiger partial charge < -0.3 is 3.67 Å². The van der Waals surface area contributed by atoms with Crippen LogP contribution in [0.5, 0.6) is 0 Å². The normalized spacial score (nSPS) is 9.29. The van der Waals surface area contributed by atoms with Gasteiger partial charge in [-0.15, -0.1) is 5.10 Å². The van der Waals surface area contributed by atoms with Gasteiger partial charge in [-0.3, -0.25) is 0 Å². The Morgan fingerprint density at radius 3 is 2.71 bits per heavy atom. The zero-order valence-electron chi connectivity index (χ0n) is 3.37. The summed E-state index contributed by atoms with van der Waals surface area (Å²) in [6.45, 7) is 0. The number of nitrogens with zero attached hydrogens (tertiary/aromatic N) is 3. The lowest BCUT2D eigenvalue weighted by molar-refractivity contribution is 0.875. The summed E-state index contributed by atoms with van der Waals surface area (Å²) in [5, 5.41) is 7.22. The van der Waals surface area contributed by atoms with E-state index in [1.807, 2.05) is 0 Å². The van der Waals surface area contributed by atoms with Crippen LogP contribution < -0.4 is 0 Å². The van der Waals surface area contributed by atoms with Gasteiger partial charge in [0.15, 0.2) is 0 Å². The van der Waals surface area contributed by atoms with Gasteiger partial charge in [0, 0.05) is 6.20 Å². The molecule has 0 unspecified atom stereocenters. The van der Waals surface area contributed by atoms with Gasteiger partial charge in [0.2, 0.25) is 0 Å². The van der Waals surface area contributed by atoms with Gasteiger partial charge in [-0.2, -0.15) is 0 Å². The molecule has 1 aromatic rings. The zero-order valence-corrected chi connectivity index (χ0v) is 6.12. The molecular formula is C2HAlBrN3. The monoisotopic (exact) mass is 173 g/mol. The summed E-state index contributed by atoms with van der Waals surface area (Å²) in [5.41, 5.74) is 0. The van der Waals surface area contributed by atoms with Crippen LogP contribution in [0, 0.1) is 0 Å². The Balaban J connectivity index is 3.04. The second kappa shape index (κ2) is 1.95. The molecule has 1 rings (SSSR count). The number of halogens is 1. The summed E-state index contributed by atoms with van der Waals surface area (Å²) in [6.07, 6.45) is 1.74. The molecule has 0 atom stereocenters. The van der Waals surface area contributed by atoms with E-state index < -0.39 is 0 Å². The van der Waals surface area contributed by atoms with Crippen molar-refractivity contribution in [3.05, 3.63) is 10.8 Å². The maximum atomic E-state index is 3.62. The van der Waals surface area contributed by atoms with Crippen LogP contribution in [0.25, 0.3) is 0 Å². The summed E-state index contributed by atoms with van der Waals surface area (Å²) in [6, 6.07) is 0. The second-order valence-corrected chi connectivity index (χ2v) is 2.36. The van der Waals surface area contributed by atoms with Crippen molar-refractivity contribution in [2.75, 3.05) is 0 Å². The number of aromatic nitrogens is 3. The molecule has 0 amide bonds. The van der Waals surface area contributed by atoms with Gasteiger partial charge in [-0.05, 0) is 15.9 Å². The Bertz CT molecular complexity index is 145. The molecule has 7 heavy (non-hydrogen) atoms. The largest absolute Gasteiger partial charge is 0.370 e. The molecule has 3 nitrogen and oxygen atoms in total. The van der Waals surface area contributed by atoms with Crippen LogP contribution in [0.1, 0.15) is 0 Å². The molecule has 0 N–H and O–H groups in total. The van der Waals surface area contributed by atoms with E-state index in [-0.39, 0.29) is 0 Å². The minimum Gasteiger partial charge on any atom is -0.370 e. The average molecular weight is 174 g/mol. The van der Waals surface area contributed by atoms with Crippen LogP contribution in [0.4, 0.5) is 0 Å². The van der Waals surface area contributed by atoms with Crippen molar-refractivity contribution in [1.82, 2.24) is 14.0 Å².